The molecule has 4 nitrogen and oxygen atoms in total. The zero-order valence-corrected chi connectivity index (χ0v) is 6.28. The Bertz CT molecular complexity index is 260. The first-order valence-electron chi connectivity index (χ1n) is 2.91. The number of aromatic nitrogens is 1. The van der Waals surface area contributed by atoms with Crippen molar-refractivity contribution in [3.8, 4) is 0 Å². The van der Waals surface area contributed by atoms with E-state index in [0.29, 0.717) is 10.7 Å². The molecule has 1 rings (SSSR count). The second-order valence-corrected chi connectivity index (χ2v) is 2.40. The minimum atomic E-state index is -0.434. The summed E-state index contributed by atoms with van der Waals surface area (Å²) >= 11 is 5.52. The lowest BCUT2D eigenvalue weighted by atomic mass is 10.3. The molecule has 1 aromatic rings. The molecule has 0 aromatic carbocycles. The summed E-state index contributed by atoms with van der Waals surface area (Å²) < 4.78 is 0. The number of nitrogens with zero attached hydrogens (tertiary/aromatic N) is 2. The molecule has 0 radical (unpaired) electrons. The molecule has 1 aromatic heterocycles. The Morgan fingerprint density at radius 3 is 2.82 bits per heavy atom. The summed E-state index contributed by atoms with van der Waals surface area (Å²) in [5.41, 5.74) is 0.416. The number of hydrogen-bond acceptors (Lipinski definition) is 3. The normalized spacial score (nSPS) is 9.55. The first-order valence-corrected chi connectivity index (χ1v) is 3.28. The zero-order valence-electron chi connectivity index (χ0n) is 5.53. The van der Waals surface area contributed by atoms with Gasteiger partial charge in [0.25, 0.3) is 0 Å². The van der Waals surface area contributed by atoms with Gasteiger partial charge < -0.3 is 0 Å². The summed E-state index contributed by atoms with van der Waals surface area (Å²) in [6, 6.07) is 3.11. The van der Waals surface area contributed by atoms with Gasteiger partial charge in [-0.25, -0.2) is 0 Å². The van der Waals surface area contributed by atoms with E-state index >= 15 is 0 Å². The molecule has 0 aliphatic rings. The van der Waals surface area contributed by atoms with Crippen LogP contribution in [0.4, 0.5) is 0 Å². The van der Waals surface area contributed by atoms with Gasteiger partial charge in [0.15, 0.2) is 0 Å². The van der Waals surface area contributed by atoms with E-state index < -0.39 is 4.92 Å². The fourth-order valence-electron chi connectivity index (χ4n) is 0.632. The van der Waals surface area contributed by atoms with Crippen molar-refractivity contribution in [2.24, 2.45) is 0 Å². The standard InChI is InChI=1S/C6H5ClN2O2/c7-5-1-2-6(8-3-5)4-9(10)11/h1-3H,4H2. The predicted molar refractivity (Wildman–Crippen MR) is 39.9 cm³/mol. The molecule has 0 unspecified atom stereocenters. The molecule has 0 saturated heterocycles. The van der Waals surface area contributed by atoms with Gasteiger partial charge in [-0.3, -0.25) is 15.1 Å². The van der Waals surface area contributed by atoms with Gasteiger partial charge in [0.05, 0.1) is 5.02 Å². The molecule has 0 aliphatic carbocycles. The third kappa shape index (κ3) is 2.51. The molecular weight excluding hydrogens is 168 g/mol. The van der Waals surface area contributed by atoms with Crippen molar-refractivity contribution in [3.05, 3.63) is 39.2 Å². The molecule has 1 heterocycles. The lowest BCUT2D eigenvalue weighted by Gasteiger charge is -1.92. The van der Waals surface area contributed by atoms with Crippen LogP contribution in [-0.2, 0) is 6.54 Å². The Morgan fingerprint density at radius 2 is 2.36 bits per heavy atom. The van der Waals surface area contributed by atoms with Gasteiger partial charge in [0.2, 0.25) is 6.54 Å². The number of hydrogen-bond donors (Lipinski definition) is 0. The van der Waals surface area contributed by atoms with Crippen molar-refractivity contribution in [2.75, 3.05) is 0 Å². The van der Waals surface area contributed by atoms with Gasteiger partial charge in [-0.05, 0) is 12.1 Å². The molecule has 11 heavy (non-hydrogen) atoms. The second kappa shape index (κ2) is 3.30. The van der Waals surface area contributed by atoms with Crippen molar-refractivity contribution in [3.63, 3.8) is 0 Å². The maximum atomic E-state index is 9.99. The van der Waals surface area contributed by atoms with Crippen LogP contribution in [0.15, 0.2) is 18.3 Å². The van der Waals surface area contributed by atoms with Crippen LogP contribution >= 0.6 is 11.6 Å². The Hall–Kier alpha value is -1.16. The summed E-state index contributed by atoms with van der Waals surface area (Å²) in [5, 5.41) is 10.5. The highest BCUT2D eigenvalue weighted by atomic mass is 35.5. The van der Waals surface area contributed by atoms with Crippen LogP contribution in [0.5, 0.6) is 0 Å². The van der Waals surface area contributed by atoms with Crippen molar-refractivity contribution in [1.82, 2.24) is 4.98 Å². The molecule has 0 saturated carbocycles. The van der Waals surface area contributed by atoms with Crippen LogP contribution in [0.1, 0.15) is 5.69 Å². The maximum absolute atomic E-state index is 9.99. The first kappa shape index (κ1) is 7.94. The third-order valence-electron chi connectivity index (χ3n) is 1.08. The molecular formula is C6H5ClN2O2. The molecule has 0 N–H and O–H groups in total. The largest absolute Gasteiger partial charge is 0.264 e. The van der Waals surface area contributed by atoms with E-state index in [4.69, 9.17) is 11.6 Å². The van der Waals surface area contributed by atoms with Crippen LogP contribution in [0.25, 0.3) is 0 Å². The molecule has 0 bridgehead atoms. The number of rotatable bonds is 2. The van der Waals surface area contributed by atoms with Crippen molar-refractivity contribution in [2.45, 2.75) is 6.54 Å². The van der Waals surface area contributed by atoms with Crippen LogP contribution < -0.4 is 0 Å². The van der Waals surface area contributed by atoms with Gasteiger partial charge in [-0.1, -0.05) is 11.6 Å². The first-order chi connectivity index (χ1) is 5.18. The molecule has 58 valence electrons. The number of nitro groups is 1. The molecule has 0 atom stereocenters. The summed E-state index contributed by atoms with van der Waals surface area (Å²) in [7, 11) is 0. The van der Waals surface area contributed by atoms with Gasteiger partial charge in [0.1, 0.15) is 5.69 Å². The van der Waals surface area contributed by atoms with Gasteiger partial charge >= 0.3 is 0 Å². The average molecular weight is 173 g/mol. The highest BCUT2D eigenvalue weighted by Gasteiger charge is 2.00. The average Bonchev–Trinajstić information content (AvgIpc) is 1.93. The minimum Gasteiger partial charge on any atom is -0.264 e. The van der Waals surface area contributed by atoms with E-state index in [9.17, 15) is 10.1 Å². The molecule has 5 heteroatoms. The summed E-state index contributed by atoms with van der Waals surface area (Å²) in [5.74, 6) is 0. The highest BCUT2D eigenvalue weighted by Crippen LogP contribution is 2.06. The monoisotopic (exact) mass is 172 g/mol. The lowest BCUT2D eigenvalue weighted by molar-refractivity contribution is -0.497. The Morgan fingerprint density at radius 1 is 1.64 bits per heavy atom. The highest BCUT2D eigenvalue weighted by molar-refractivity contribution is 6.30. The third-order valence-corrected chi connectivity index (χ3v) is 1.30. The van der Waals surface area contributed by atoms with Crippen LogP contribution in [0, 0.1) is 10.1 Å². The zero-order chi connectivity index (χ0) is 8.27. The van der Waals surface area contributed by atoms with E-state index in [-0.39, 0.29) is 6.54 Å². The van der Waals surface area contributed by atoms with Gasteiger partial charge in [-0.15, -0.1) is 0 Å². The summed E-state index contributed by atoms with van der Waals surface area (Å²) in [6.07, 6.45) is 1.39. The van der Waals surface area contributed by atoms with Crippen molar-refractivity contribution < 1.29 is 4.92 Å². The SMILES string of the molecule is O=[N+]([O-])Cc1ccc(Cl)cn1. The van der Waals surface area contributed by atoms with Crippen LogP contribution in [-0.4, -0.2) is 9.91 Å². The van der Waals surface area contributed by atoms with Crippen LogP contribution in [0.2, 0.25) is 5.02 Å². The van der Waals surface area contributed by atoms with E-state index in [1.807, 2.05) is 0 Å². The van der Waals surface area contributed by atoms with Gasteiger partial charge in [0, 0.05) is 11.1 Å². The van der Waals surface area contributed by atoms with E-state index in [0.717, 1.165) is 0 Å². The Labute approximate surface area is 68.0 Å². The van der Waals surface area contributed by atoms with E-state index in [1.54, 1.807) is 6.07 Å². The smallest absolute Gasteiger partial charge is 0.245 e. The number of halogens is 1. The van der Waals surface area contributed by atoms with Gasteiger partial charge in [-0.2, -0.15) is 0 Å². The molecule has 0 amide bonds. The van der Waals surface area contributed by atoms with Crippen molar-refractivity contribution >= 4 is 11.6 Å². The summed E-state index contributed by atoms with van der Waals surface area (Å²) in [6.45, 7) is -0.253. The fourth-order valence-corrected chi connectivity index (χ4v) is 0.744. The van der Waals surface area contributed by atoms with Crippen LogP contribution in [0.3, 0.4) is 0 Å². The van der Waals surface area contributed by atoms with E-state index in [1.165, 1.54) is 12.3 Å². The predicted octanol–water partition coefficient (Wildman–Crippen LogP) is 1.51. The molecule has 0 spiro atoms. The quantitative estimate of drug-likeness (QED) is 0.502. The van der Waals surface area contributed by atoms with Crippen molar-refractivity contribution in [1.29, 1.82) is 0 Å². The van der Waals surface area contributed by atoms with E-state index in [2.05, 4.69) is 4.98 Å². The minimum absolute atomic E-state index is 0.253. The fraction of sp³-hybridized carbons (Fsp3) is 0.167. The summed E-state index contributed by atoms with van der Waals surface area (Å²) in [4.78, 5) is 13.3. The molecule has 0 aliphatic heterocycles. The maximum Gasteiger partial charge on any atom is 0.245 e. The Kier molecular flexibility index (Phi) is 2.38. The molecule has 0 fully saturated rings. The number of pyridine rings is 1. The Balaban J connectivity index is 2.74. The lowest BCUT2D eigenvalue weighted by Crippen LogP contribution is -1.99. The second-order valence-electron chi connectivity index (χ2n) is 1.96. The topological polar surface area (TPSA) is 56.0 Å².